The zero-order chi connectivity index (χ0) is 15.0. The van der Waals surface area contributed by atoms with Gasteiger partial charge in [0.15, 0.2) is 0 Å². The molecule has 1 unspecified atom stereocenters. The highest BCUT2D eigenvalue weighted by atomic mass is 16.5. The number of hydrogen-bond acceptors (Lipinski definition) is 5. The van der Waals surface area contributed by atoms with Crippen molar-refractivity contribution in [1.82, 2.24) is 4.90 Å². The van der Waals surface area contributed by atoms with E-state index in [1.165, 1.54) is 19.1 Å². The largest absolute Gasteiger partial charge is 0.478 e. The predicted octanol–water partition coefficient (Wildman–Crippen LogP) is 0.542. The summed E-state index contributed by atoms with van der Waals surface area (Å²) in [5.74, 6) is -3.27. The van der Waals surface area contributed by atoms with E-state index in [4.69, 9.17) is 5.11 Å². The van der Waals surface area contributed by atoms with E-state index in [1.54, 1.807) is 0 Å². The van der Waals surface area contributed by atoms with E-state index in [9.17, 15) is 19.2 Å². The minimum absolute atomic E-state index is 0.0225. The maximum absolute atomic E-state index is 12.1. The van der Waals surface area contributed by atoms with Gasteiger partial charge in [-0.05, 0) is 25.1 Å². The number of nitrogens with zero attached hydrogens (tertiary/aromatic N) is 1. The minimum Gasteiger partial charge on any atom is -0.478 e. The lowest BCUT2D eigenvalue weighted by Crippen LogP contribution is -2.43. The van der Waals surface area contributed by atoms with Crippen molar-refractivity contribution in [2.24, 2.45) is 0 Å². The molecule has 1 aliphatic heterocycles. The number of imide groups is 1. The quantitative estimate of drug-likeness (QED) is 0.639. The molecule has 0 saturated heterocycles. The fourth-order valence-electron chi connectivity index (χ4n) is 2.02. The number of hydrogen-bond donors (Lipinski definition) is 1. The highest BCUT2D eigenvalue weighted by Gasteiger charge is 2.41. The number of carbonyl (C=O) groups is 4. The molecule has 0 spiro atoms. The second-order valence-electron chi connectivity index (χ2n) is 4.24. The average Bonchev–Trinajstić information content (AvgIpc) is 2.68. The Bertz CT molecular complexity index is 636. The van der Waals surface area contributed by atoms with E-state index in [2.05, 4.69) is 4.74 Å². The van der Waals surface area contributed by atoms with Gasteiger partial charge in [0, 0.05) is 0 Å². The topological polar surface area (TPSA) is 101 Å². The van der Waals surface area contributed by atoms with E-state index in [0.717, 1.165) is 18.1 Å². The molecule has 0 saturated carbocycles. The van der Waals surface area contributed by atoms with Crippen molar-refractivity contribution in [3.05, 3.63) is 34.9 Å². The number of ether oxygens (including phenoxy) is 1. The lowest BCUT2D eigenvalue weighted by Gasteiger charge is -2.19. The number of benzene rings is 1. The van der Waals surface area contributed by atoms with E-state index in [-0.39, 0.29) is 16.7 Å². The summed E-state index contributed by atoms with van der Waals surface area (Å²) in [5.41, 5.74) is -0.0427. The summed E-state index contributed by atoms with van der Waals surface area (Å²) in [6.07, 6.45) is 0. The highest BCUT2D eigenvalue weighted by molar-refractivity contribution is 6.23. The number of rotatable bonds is 3. The number of aromatic carboxylic acids is 1. The molecule has 0 fully saturated rings. The van der Waals surface area contributed by atoms with Crippen LogP contribution in [-0.4, -0.2) is 46.9 Å². The zero-order valence-electron chi connectivity index (χ0n) is 10.7. The number of fused-ring (bicyclic) bond motifs is 1. The van der Waals surface area contributed by atoms with Crippen LogP contribution in [0.2, 0.25) is 0 Å². The van der Waals surface area contributed by atoms with Gasteiger partial charge in [0.25, 0.3) is 11.8 Å². The summed E-state index contributed by atoms with van der Waals surface area (Å²) < 4.78 is 4.50. The predicted molar refractivity (Wildman–Crippen MR) is 65.4 cm³/mol. The first-order valence-corrected chi connectivity index (χ1v) is 5.71. The number of carbonyl (C=O) groups excluding carboxylic acids is 3. The van der Waals surface area contributed by atoms with Crippen LogP contribution in [0.15, 0.2) is 18.2 Å². The Morgan fingerprint density at radius 3 is 2.35 bits per heavy atom. The van der Waals surface area contributed by atoms with Gasteiger partial charge in [-0.3, -0.25) is 14.5 Å². The van der Waals surface area contributed by atoms with Gasteiger partial charge in [0.05, 0.1) is 23.8 Å². The second kappa shape index (κ2) is 4.76. The third kappa shape index (κ3) is 1.93. The Kier molecular flexibility index (Phi) is 3.27. The first kappa shape index (κ1) is 13.7. The molecular formula is C13H11NO6. The van der Waals surface area contributed by atoms with Crippen molar-refractivity contribution >= 4 is 23.8 Å². The molecule has 0 radical (unpaired) electrons. The van der Waals surface area contributed by atoms with E-state index < -0.39 is 29.8 Å². The molecule has 1 aromatic rings. The monoisotopic (exact) mass is 277 g/mol. The van der Waals surface area contributed by atoms with E-state index in [1.807, 2.05) is 0 Å². The fourth-order valence-corrected chi connectivity index (χ4v) is 2.02. The van der Waals surface area contributed by atoms with Crippen molar-refractivity contribution < 1.29 is 29.0 Å². The van der Waals surface area contributed by atoms with Crippen molar-refractivity contribution in [3.8, 4) is 0 Å². The lowest BCUT2D eigenvalue weighted by atomic mass is 10.1. The number of amides is 2. The molecule has 1 heterocycles. The van der Waals surface area contributed by atoms with Crippen molar-refractivity contribution in [1.29, 1.82) is 0 Å². The van der Waals surface area contributed by atoms with Crippen LogP contribution in [0.4, 0.5) is 0 Å². The van der Waals surface area contributed by atoms with Crippen LogP contribution in [0.1, 0.15) is 38.0 Å². The molecule has 7 nitrogen and oxygen atoms in total. The highest BCUT2D eigenvalue weighted by Crippen LogP contribution is 2.26. The van der Waals surface area contributed by atoms with Crippen LogP contribution in [-0.2, 0) is 9.53 Å². The molecule has 1 atom stereocenters. The summed E-state index contributed by atoms with van der Waals surface area (Å²) in [6.45, 7) is 1.37. The summed E-state index contributed by atoms with van der Waals surface area (Å²) in [7, 11) is 1.15. The smallest absolute Gasteiger partial charge is 0.335 e. The van der Waals surface area contributed by atoms with Crippen molar-refractivity contribution in [2.75, 3.05) is 7.11 Å². The molecule has 0 aliphatic carbocycles. The van der Waals surface area contributed by atoms with Crippen LogP contribution < -0.4 is 0 Å². The number of carboxylic acids is 1. The second-order valence-corrected chi connectivity index (χ2v) is 4.24. The number of esters is 1. The lowest BCUT2D eigenvalue weighted by molar-refractivity contribution is -0.144. The SMILES string of the molecule is COC(=O)C(C)N1C(=O)c2ccc(C(=O)O)cc2C1=O. The van der Waals surface area contributed by atoms with E-state index >= 15 is 0 Å². The number of carboxylic acid groups (broad SMARTS) is 1. The van der Waals surface area contributed by atoms with Gasteiger partial charge < -0.3 is 9.84 Å². The molecule has 2 rings (SSSR count). The summed E-state index contributed by atoms with van der Waals surface area (Å²) in [4.78, 5) is 47.3. The first-order chi connectivity index (χ1) is 9.38. The van der Waals surface area contributed by atoms with Crippen LogP contribution in [0.3, 0.4) is 0 Å². The van der Waals surface area contributed by atoms with Crippen LogP contribution in [0.5, 0.6) is 0 Å². The Labute approximate surface area is 113 Å². The molecule has 104 valence electrons. The molecular weight excluding hydrogens is 266 g/mol. The Morgan fingerprint density at radius 1 is 1.20 bits per heavy atom. The van der Waals surface area contributed by atoms with Gasteiger partial charge in [-0.1, -0.05) is 0 Å². The van der Waals surface area contributed by atoms with Crippen LogP contribution in [0.25, 0.3) is 0 Å². The Hall–Kier alpha value is -2.70. The summed E-state index contributed by atoms with van der Waals surface area (Å²) in [5, 5.41) is 8.89. The summed E-state index contributed by atoms with van der Waals surface area (Å²) >= 11 is 0. The van der Waals surface area contributed by atoms with E-state index in [0.29, 0.717) is 0 Å². The third-order valence-corrected chi connectivity index (χ3v) is 3.09. The number of methoxy groups -OCH3 is 1. The van der Waals surface area contributed by atoms with Gasteiger partial charge in [-0.15, -0.1) is 0 Å². The molecule has 0 aromatic heterocycles. The normalized spacial score (nSPS) is 15.0. The van der Waals surface area contributed by atoms with Crippen LogP contribution in [0, 0.1) is 0 Å². The molecule has 1 aliphatic rings. The molecule has 7 heteroatoms. The summed E-state index contributed by atoms with van der Waals surface area (Å²) in [6, 6.07) is 2.56. The molecule has 1 aromatic carbocycles. The fraction of sp³-hybridized carbons (Fsp3) is 0.231. The molecule has 20 heavy (non-hydrogen) atoms. The van der Waals surface area contributed by atoms with Gasteiger partial charge in [-0.25, -0.2) is 9.59 Å². The van der Waals surface area contributed by atoms with Gasteiger partial charge in [0.1, 0.15) is 6.04 Å². The maximum atomic E-state index is 12.1. The van der Waals surface area contributed by atoms with Crippen molar-refractivity contribution in [2.45, 2.75) is 13.0 Å². The van der Waals surface area contributed by atoms with Crippen LogP contribution >= 0.6 is 0 Å². The van der Waals surface area contributed by atoms with Gasteiger partial charge in [-0.2, -0.15) is 0 Å². The Balaban J connectivity index is 2.45. The third-order valence-electron chi connectivity index (χ3n) is 3.09. The minimum atomic E-state index is -1.20. The standard InChI is InChI=1S/C13H11NO6/c1-6(13(19)20-2)14-10(15)8-4-3-7(12(17)18)5-9(8)11(14)16/h3-6H,1-2H3,(H,17,18). The first-order valence-electron chi connectivity index (χ1n) is 5.71. The van der Waals surface area contributed by atoms with Crippen molar-refractivity contribution in [3.63, 3.8) is 0 Å². The Morgan fingerprint density at radius 2 is 1.80 bits per heavy atom. The average molecular weight is 277 g/mol. The molecule has 1 N–H and O–H groups in total. The molecule has 0 bridgehead atoms. The van der Waals surface area contributed by atoms with Gasteiger partial charge in [0.2, 0.25) is 0 Å². The van der Waals surface area contributed by atoms with Gasteiger partial charge >= 0.3 is 11.9 Å². The molecule has 2 amide bonds. The zero-order valence-corrected chi connectivity index (χ0v) is 10.7. The maximum Gasteiger partial charge on any atom is 0.335 e.